The third kappa shape index (κ3) is 5.96. The number of rotatable bonds is 7. The predicted molar refractivity (Wildman–Crippen MR) is 140 cm³/mol. The SMILES string of the molecule is CN(C)c1ccc(C(CNC(=O)c2cccc(Br)c2)N2CCN(c3ccc(F)cc3)CC2)cc1. The highest BCUT2D eigenvalue weighted by Gasteiger charge is 2.26. The Balaban J connectivity index is 1.48. The molecule has 0 radical (unpaired) electrons. The number of hydrogen-bond acceptors (Lipinski definition) is 4. The Kier molecular flexibility index (Phi) is 7.85. The second kappa shape index (κ2) is 11.0. The maximum absolute atomic E-state index is 13.3. The molecule has 3 aromatic carbocycles. The fourth-order valence-corrected chi connectivity index (χ4v) is 4.72. The van der Waals surface area contributed by atoms with Gasteiger partial charge in [-0.2, -0.15) is 0 Å². The van der Waals surface area contributed by atoms with E-state index in [9.17, 15) is 9.18 Å². The van der Waals surface area contributed by atoms with Crippen LogP contribution in [-0.4, -0.2) is 57.6 Å². The van der Waals surface area contributed by atoms with E-state index in [0.29, 0.717) is 12.1 Å². The van der Waals surface area contributed by atoms with Crippen molar-refractivity contribution in [2.45, 2.75) is 6.04 Å². The summed E-state index contributed by atoms with van der Waals surface area (Å²) in [5.74, 6) is -0.300. The highest BCUT2D eigenvalue weighted by molar-refractivity contribution is 9.10. The van der Waals surface area contributed by atoms with Gasteiger partial charge in [0.2, 0.25) is 0 Å². The van der Waals surface area contributed by atoms with Gasteiger partial charge >= 0.3 is 0 Å². The van der Waals surface area contributed by atoms with Crippen LogP contribution >= 0.6 is 15.9 Å². The van der Waals surface area contributed by atoms with Gasteiger partial charge in [-0.1, -0.05) is 34.1 Å². The molecule has 0 saturated carbocycles. The Morgan fingerprint density at radius 2 is 1.68 bits per heavy atom. The summed E-state index contributed by atoms with van der Waals surface area (Å²) < 4.78 is 14.2. The first-order valence-corrected chi connectivity index (χ1v) is 12.3. The van der Waals surface area contributed by atoms with Gasteiger partial charge in [-0.15, -0.1) is 0 Å². The van der Waals surface area contributed by atoms with Gasteiger partial charge in [0, 0.05) is 68.2 Å². The van der Waals surface area contributed by atoms with E-state index in [1.54, 1.807) is 0 Å². The van der Waals surface area contributed by atoms with E-state index < -0.39 is 0 Å². The average molecular weight is 525 g/mol. The fourth-order valence-electron chi connectivity index (χ4n) is 4.32. The van der Waals surface area contributed by atoms with Crippen LogP contribution in [0.25, 0.3) is 0 Å². The summed E-state index contributed by atoms with van der Waals surface area (Å²) in [6, 6.07) is 22.7. The lowest BCUT2D eigenvalue weighted by molar-refractivity contribution is 0.0930. The van der Waals surface area contributed by atoms with Crippen LogP contribution in [0.4, 0.5) is 15.8 Å². The summed E-state index contributed by atoms with van der Waals surface area (Å²) in [4.78, 5) is 19.6. The van der Waals surface area contributed by atoms with Crippen LogP contribution in [0.2, 0.25) is 0 Å². The van der Waals surface area contributed by atoms with Gasteiger partial charge in [0.1, 0.15) is 5.82 Å². The van der Waals surface area contributed by atoms with Crippen LogP contribution in [0.15, 0.2) is 77.3 Å². The first-order chi connectivity index (χ1) is 16.4. The first-order valence-electron chi connectivity index (χ1n) is 11.5. The van der Waals surface area contributed by atoms with Crippen LogP contribution < -0.4 is 15.1 Å². The highest BCUT2D eigenvalue weighted by atomic mass is 79.9. The van der Waals surface area contributed by atoms with Crippen molar-refractivity contribution in [1.82, 2.24) is 10.2 Å². The lowest BCUT2D eigenvalue weighted by atomic mass is 10.0. The topological polar surface area (TPSA) is 38.8 Å². The molecular weight excluding hydrogens is 495 g/mol. The van der Waals surface area contributed by atoms with Crippen molar-refractivity contribution in [2.75, 3.05) is 56.6 Å². The third-order valence-corrected chi connectivity index (χ3v) is 6.78. The number of piperazine rings is 1. The molecule has 1 saturated heterocycles. The molecule has 1 N–H and O–H groups in total. The van der Waals surface area contributed by atoms with E-state index >= 15 is 0 Å². The fraction of sp³-hybridized carbons (Fsp3) is 0.296. The Morgan fingerprint density at radius 3 is 2.29 bits per heavy atom. The molecule has 5 nitrogen and oxygen atoms in total. The van der Waals surface area contributed by atoms with Gasteiger partial charge in [-0.25, -0.2) is 4.39 Å². The number of carbonyl (C=O) groups excluding carboxylic acids is 1. The van der Waals surface area contributed by atoms with Crippen molar-refractivity contribution in [3.05, 3.63) is 94.2 Å². The predicted octanol–water partition coefficient (Wildman–Crippen LogP) is 4.95. The molecule has 7 heteroatoms. The molecule has 0 aliphatic carbocycles. The van der Waals surface area contributed by atoms with Gasteiger partial charge < -0.3 is 15.1 Å². The van der Waals surface area contributed by atoms with Gasteiger partial charge in [0.25, 0.3) is 5.91 Å². The van der Waals surface area contributed by atoms with Crippen LogP contribution in [-0.2, 0) is 0 Å². The van der Waals surface area contributed by atoms with Crippen molar-refractivity contribution in [2.24, 2.45) is 0 Å². The minimum Gasteiger partial charge on any atom is -0.378 e. The van der Waals surface area contributed by atoms with E-state index in [1.807, 2.05) is 50.5 Å². The maximum atomic E-state index is 13.3. The Hall–Kier alpha value is -2.90. The summed E-state index contributed by atoms with van der Waals surface area (Å²) in [5.41, 5.74) is 3.99. The molecule has 3 aromatic rings. The highest BCUT2D eigenvalue weighted by Crippen LogP contribution is 2.26. The molecule has 1 atom stereocenters. The number of anilines is 2. The largest absolute Gasteiger partial charge is 0.378 e. The van der Waals surface area contributed by atoms with Gasteiger partial charge in [0.05, 0.1) is 6.04 Å². The van der Waals surface area contributed by atoms with E-state index in [2.05, 4.69) is 60.2 Å². The molecule has 1 heterocycles. The summed E-state index contributed by atoms with van der Waals surface area (Å²) in [6.45, 7) is 3.91. The number of halogens is 2. The van der Waals surface area contributed by atoms with Crippen molar-refractivity contribution in [3.63, 3.8) is 0 Å². The Labute approximate surface area is 209 Å². The van der Waals surface area contributed by atoms with E-state index in [-0.39, 0.29) is 17.8 Å². The van der Waals surface area contributed by atoms with E-state index in [4.69, 9.17) is 0 Å². The summed E-state index contributed by atoms with van der Waals surface area (Å²) in [5, 5.41) is 3.14. The normalized spacial score (nSPS) is 15.1. The molecule has 1 aliphatic heterocycles. The number of hydrogen-bond donors (Lipinski definition) is 1. The molecule has 4 rings (SSSR count). The van der Waals surface area contributed by atoms with Crippen LogP contribution in [0, 0.1) is 5.82 Å². The maximum Gasteiger partial charge on any atom is 0.251 e. The molecule has 1 unspecified atom stereocenters. The van der Waals surface area contributed by atoms with Gasteiger partial charge in [0.15, 0.2) is 0 Å². The number of amides is 1. The van der Waals surface area contributed by atoms with Crippen molar-refractivity contribution in [3.8, 4) is 0 Å². The van der Waals surface area contributed by atoms with Gasteiger partial charge in [-0.3, -0.25) is 9.69 Å². The molecule has 178 valence electrons. The first kappa shape index (κ1) is 24.2. The van der Waals surface area contributed by atoms with E-state index in [0.717, 1.165) is 42.0 Å². The molecule has 0 bridgehead atoms. The quantitative estimate of drug-likeness (QED) is 0.474. The second-order valence-electron chi connectivity index (χ2n) is 8.72. The molecule has 1 amide bonds. The number of carbonyl (C=O) groups is 1. The second-order valence-corrected chi connectivity index (χ2v) is 9.64. The zero-order valence-corrected chi connectivity index (χ0v) is 21.1. The van der Waals surface area contributed by atoms with Crippen molar-refractivity contribution < 1.29 is 9.18 Å². The summed E-state index contributed by atoms with van der Waals surface area (Å²) in [7, 11) is 4.05. The lowest BCUT2D eigenvalue weighted by Gasteiger charge is -2.40. The molecule has 1 aliphatic rings. The standard InChI is InChI=1S/C27H30BrFN4O/c1-31(2)24-10-6-20(7-11-24)26(19-30-27(34)21-4-3-5-22(28)18-21)33-16-14-32(15-17-33)25-12-8-23(29)9-13-25/h3-13,18,26H,14-17,19H2,1-2H3,(H,30,34). The van der Waals surface area contributed by atoms with Crippen molar-refractivity contribution >= 4 is 33.2 Å². The minimum atomic E-state index is -0.218. The number of nitrogens with zero attached hydrogens (tertiary/aromatic N) is 3. The van der Waals surface area contributed by atoms with Crippen LogP contribution in [0.1, 0.15) is 22.0 Å². The third-order valence-electron chi connectivity index (χ3n) is 6.28. The summed E-state index contributed by atoms with van der Waals surface area (Å²) in [6.07, 6.45) is 0. The number of nitrogens with one attached hydrogen (secondary N) is 1. The molecular formula is C27H30BrFN4O. The van der Waals surface area contributed by atoms with Gasteiger partial charge in [-0.05, 0) is 60.2 Å². The average Bonchev–Trinajstić information content (AvgIpc) is 2.85. The Bertz CT molecular complexity index is 1100. The van der Waals surface area contributed by atoms with Crippen LogP contribution in [0.3, 0.4) is 0 Å². The lowest BCUT2D eigenvalue weighted by Crippen LogP contribution is -2.50. The molecule has 34 heavy (non-hydrogen) atoms. The van der Waals surface area contributed by atoms with Crippen molar-refractivity contribution in [1.29, 1.82) is 0 Å². The van der Waals surface area contributed by atoms with Crippen LogP contribution in [0.5, 0.6) is 0 Å². The Morgan fingerprint density at radius 1 is 1.00 bits per heavy atom. The molecule has 0 aromatic heterocycles. The molecule has 0 spiro atoms. The summed E-state index contributed by atoms with van der Waals surface area (Å²) >= 11 is 3.44. The monoisotopic (exact) mass is 524 g/mol. The smallest absolute Gasteiger partial charge is 0.251 e. The number of benzene rings is 3. The minimum absolute atomic E-state index is 0.0580. The molecule has 1 fully saturated rings. The zero-order chi connectivity index (χ0) is 24.1. The van der Waals surface area contributed by atoms with E-state index in [1.165, 1.54) is 17.7 Å². The zero-order valence-electron chi connectivity index (χ0n) is 19.5.